The lowest BCUT2D eigenvalue weighted by molar-refractivity contribution is -0.133. The minimum absolute atomic E-state index is 0.0666. The maximum Gasteiger partial charge on any atom is 0.248 e. The summed E-state index contributed by atoms with van der Waals surface area (Å²) in [5.41, 5.74) is 1.08. The van der Waals surface area contributed by atoms with E-state index in [1.807, 2.05) is 11.8 Å². The molecule has 2 saturated heterocycles. The van der Waals surface area contributed by atoms with Gasteiger partial charge >= 0.3 is 0 Å². The molecule has 2 fully saturated rings. The standard InChI is InChI=1S/C14H22N4O3S3/c1-10-13(11(2)16(3)15-10)24(20,21)18-9-23-8-12(18)14(19)17-4-6-22-7-5-17/h12H,4-9H2,1-3H3/t12-/m0/s1. The Hall–Kier alpha value is -0.710. The van der Waals surface area contributed by atoms with Crippen LogP contribution in [0.25, 0.3) is 0 Å². The van der Waals surface area contributed by atoms with Crippen LogP contribution in [-0.4, -0.2) is 75.6 Å². The fourth-order valence-corrected chi connectivity index (χ4v) is 7.54. The molecule has 134 valence electrons. The van der Waals surface area contributed by atoms with Gasteiger partial charge < -0.3 is 4.90 Å². The van der Waals surface area contributed by atoms with E-state index >= 15 is 0 Å². The van der Waals surface area contributed by atoms with Gasteiger partial charge in [0.15, 0.2) is 0 Å². The number of aryl methyl sites for hydroxylation is 2. The van der Waals surface area contributed by atoms with Gasteiger partial charge in [0.05, 0.1) is 17.3 Å². The number of sulfonamides is 1. The van der Waals surface area contributed by atoms with Gasteiger partial charge in [-0.25, -0.2) is 8.42 Å². The van der Waals surface area contributed by atoms with Crippen molar-refractivity contribution in [2.45, 2.75) is 24.8 Å². The van der Waals surface area contributed by atoms with E-state index in [4.69, 9.17) is 0 Å². The zero-order valence-corrected chi connectivity index (χ0v) is 16.5. The molecule has 7 nitrogen and oxygen atoms in total. The molecule has 1 aromatic rings. The van der Waals surface area contributed by atoms with E-state index in [9.17, 15) is 13.2 Å². The largest absolute Gasteiger partial charge is 0.340 e. The van der Waals surface area contributed by atoms with Crippen LogP contribution in [-0.2, 0) is 21.9 Å². The molecular weight excluding hydrogens is 368 g/mol. The Morgan fingerprint density at radius 3 is 2.46 bits per heavy atom. The maximum absolute atomic E-state index is 13.2. The smallest absolute Gasteiger partial charge is 0.248 e. The number of carbonyl (C=O) groups is 1. The first kappa shape index (κ1) is 18.1. The third kappa shape index (κ3) is 3.09. The molecule has 0 aromatic carbocycles. The second-order valence-corrected chi connectivity index (χ2v) is 10.0. The van der Waals surface area contributed by atoms with Crippen molar-refractivity contribution >= 4 is 39.5 Å². The summed E-state index contributed by atoms with van der Waals surface area (Å²) in [6.45, 7) is 4.84. The van der Waals surface area contributed by atoms with Crippen molar-refractivity contribution in [3.63, 3.8) is 0 Å². The molecule has 0 radical (unpaired) electrons. The number of rotatable bonds is 3. The average molecular weight is 391 g/mol. The van der Waals surface area contributed by atoms with Crippen LogP contribution < -0.4 is 0 Å². The lowest BCUT2D eigenvalue weighted by atomic mass is 10.3. The molecule has 2 aliphatic rings. The number of hydrogen-bond donors (Lipinski definition) is 0. The molecule has 0 N–H and O–H groups in total. The van der Waals surface area contributed by atoms with Crippen LogP contribution in [0.5, 0.6) is 0 Å². The van der Waals surface area contributed by atoms with Crippen LogP contribution >= 0.6 is 23.5 Å². The highest BCUT2D eigenvalue weighted by Crippen LogP contribution is 2.32. The molecule has 0 unspecified atom stereocenters. The Labute approximate surface area is 151 Å². The SMILES string of the molecule is Cc1nn(C)c(C)c1S(=O)(=O)N1CSC[C@H]1C(=O)N1CCSCC1. The number of carbonyl (C=O) groups excluding carboxylic acids is 1. The third-order valence-electron chi connectivity index (χ3n) is 4.46. The van der Waals surface area contributed by atoms with Crippen molar-refractivity contribution < 1.29 is 13.2 Å². The Balaban J connectivity index is 1.90. The summed E-state index contributed by atoms with van der Waals surface area (Å²) >= 11 is 3.32. The van der Waals surface area contributed by atoms with Crippen molar-refractivity contribution in [2.75, 3.05) is 36.2 Å². The fraction of sp³-hybridized carbons (Fsp3) is 0.714. The van der Waals surface area contributed by atoms with E-state index in [2.05, 4.69) is 5.10 Å². The van der Waals surface area contributed by atoms with E-state index < -0.39 is 16.1 Å². The van der Waals surface area contributed by atoms with Crippen molar-refractivity contribution in [2.24, 2.45) is 7.05 Å². The van der Waals surface area contributed by atoms with Crippen LogP contribution in [0.4, 0.5) is 0 Å². The van der Waals surface area contributed by atoms with Crippen LogP contribution in [0, 0.1) is 13.8 Å². The molecule has 24 heavy (non-hydrogen) atoms. The summed E-state index contributed by atoms with van der Waals surface area (Å²) in [6.07, 6.45) is 0. The second kappa shape index (κ2) is 6.89. The number of hydrogen-bond acceptors (Lipinski definition) is 6. The van der Waals surface area contributed by atoms with Crippen LogP contribution in [0.1, 0.15) is 11.4 Å². The first-order valence-corrected chi connectivity index (χ1v) is 11.6. The topological polar surface area (TPSA) is 75.5 Å². The molecule has 0 spiro atoms. The van der Waals surface area contributed by atoms with Gasteiger partial charge in [0.1, 0.15) is 10.9 Å². The van der Waals surface area contributed by atoms with Crippen LogP contribution in [0.15, 0.2) is 4.90 Å². The molecule has 2 aliphatic heterocycles. The zero-order valence-electron chi connectivity index (χ0n) is 14.1. The zero-order chi connectivity index (χ0) is 17.5. The van der Waals surface area contributed by atoms with Crippen molar-refractivity contribution in [3.05, 3.63) is 11.4 Å². The lowest BCUT2D eigenvalue weighted by Gasteiger charge is -2.31. The number of nitrogens with zero attached hydrogens (tertiary/aromatic N) is 4. The van der Waals surface area contributed by atoms with Gasteiger partial charge in [-0.2, -0.15) is 21.2 Å². The minimum atomic E-state index is -3.74. The van der Waals surface area contributed by atoms with Gasteiger partial charge in [-0.05, 0) is 13.8 Å². The van der Waals surface area contributed by atoms with E-state index in [1.165, 1.54) is 16.1 Å². The number of thioether (sulfide) groups is 2. The summed E-state index contributed by atoms with van der Waals surface area (Å²) in [4.78, 5) is 14.9. The molecular formula is C14H22N4O3S3. The summed E-state index contributed by atoms with van der Waals surface area (Å²) in [5, 5.41) is 4.21. The summed E-state index contributed by atoms with van der Waals surface area (Å²) < 4.78 is 29.3. The van der Waals surface area contributed by atoms with Gasteiger partial charge in [0.25, 0.3) is 0 Å². The van der Waals surface area contributed by atoms with E-state index in [1.54, 1.807) is 30.5 Å². The molecule has 1 amide bonds. The highest BCUT2D eigenvalue weighted by atomic mass is 32.2. The lowest BCUT2D eigenvalue weighted by Crippen LogP contribution is -2.51. The van der Waals surface area contributed by atoms with E-state index in [0.29, 0.717) is 36.1 Å². The van der Waals surface area contributed by atoms with Gasteiger partial charge in [-0.3, -0.25) is 9.48 Å². The minimum Gasteiger partial charge on any atom is -0.340 e. The Morgan fingerprint density at radius 1 is 1.21 bits per heavy atom. The fourth-order valence-electron chi connectivity index (χ4n) is 3.10. The second-order valence-electron chi connectivity index (χ2n) is 5.97. The predicted molar refractivity (Wildman–Crippen MR) is 96.7 cm³/mol. The monoisotopic (exact) mass is 390 g/mol. The molecule has 1 atom stereocenters. The van der Waals surface area contributed by atoms with Crippen molar-refractivity contribution in [3.8, 4) is 0 Å². The molecule has 0 saturated carbocycles. The Morgan fingerprint density at radius 2 is 1.88 bits per heavy atom. The molecule has 3 heterocycles. The predicted octanol–water partition coefficient (Wildman–Crippen LogP) is 0.676. The van der Waals surface area contributed by atoms with Crippen molar-refractivity contribution in [1.82, 2.24) is 19.0 Å². The Bertz CT molecular complexity index is 741. The normalized spacial score (nSPS) is 23.0. The number of aromatic nitrogens is 2. The third-order valence-corrected chi connectivity index (χ3v) is 8.68. The molecule has 0 bridgehead atoms. The first-order valence-electron chi connectivity index (χ1n) is 7.80. The molecule has 1 aromatic heterocycles. The molecule has 0 aliphatic carbocycles. The van der Waals surface area contributed by atoms with E-state index in [-0.39, 0.29) is 10.8 Å². The first-order chi connectivity index (χ1) is 11.3. The van der Waals surface area contributed by atoms with E-state index in [0.717, 1.165) is 11.5 Å². The summed E-state index contributed by atoms with van der Waals surface area (Å²) in [7, 11) is -2.01. The van der Waals surface area contributed by atoms with Gasteiger partial charge in [0.2, 0.25) is 15.9 Å². The van der Waals surface area contributed by atoms with Crippen LogP contribution in [0.3, 0.4) is 0 Å². The van der Waals surface area contributed by atoms with Crippen LogP contribution in [0.2, 0.25) is 0 Å². The average Bonchev–Trinajstić information content (AvgIpc) is 3.13. The highest BCUT2D eigenvalue weighted by molar-refractivity contribution is 8.00. The highest BCUT2D eigenvalue weighted by Gasteiger charge is 2.43. The summed E-state index contributed by atoms with van der Waals surface area (Å²) in [5.74, 6) is 2.59. The quantitative estimate of drug-likeness (QED) is 0.755. The maximum atomic E-state index is 13.2. The van der Waals surface area contributed by atoms with Gasteiger partial charge in [0, 0.05) is 37.4 Å². The number of amides is 1. The van der Waals surface area contributed by atoms with Gasteiger partial charge in [-0.15, -0.1) is 11.8 Å². The van der Waals surface area contributed by atoms with Crippen molar-refractivity contribution in [1.29, 1.82) is 0 Å². The Kier molecular flexibility index (Phi) is 5.19. The molecule has 10 heteroatoms. The summed E-state index contributed by atoms with van der Waals surface area (Å²) in [6, 6.07) is -0.609. The molecule has 3 rings (SSSR count). The van der Waals surface area contributed by atoms with Gasteiger partial charge in [-0.1, -0.05) is 0 Å².